The number of carbonyl (C=O) groups is 1. The summed E-state index contributed by atoms with van der Waals surface area (Å²) in [5.74, 6) is 3.30. The maximum absolute atomic E-state index is 11.3. The first-order chi connectivity index (χ1) is 6.33. The molecule has 0 aliphatic heterocycles. The fourth-order valence-corrected chi connectivity index (χ4v) is 1.82. The van der Waals surface area contributed by atoms with Gasteiger partial charge in [0.2, 0.25) is 5.91 Å². The van der Waals surface area contributed by atoms with Gasteiger partial charge in [0.1, 0.15) is 0 Å². The zero-order valence-corrected chi connectivity index (χ0v) is 8.01. The third kappa shape index (κ3) is 3.98. The molecule has 2 nitrogen and oxygen atoms in total. The molecular formula is C11H17NO. The second-order valence-corrected chi connectivity index (χ2v) is 3.66. The molecule has 0 atom stereocenters. The van der Waals surface area contributed by atoms with Crippen LogP contribution in [0.2, 0.25) is 0 Å². The summed E-state index contributed by atoms with van der Waals surface area (Å²) in [5.41, 5.74) is 0. The van der Waals surface area contributed by atoms with Crippen molar-refractivity contribution in [3.63, 3.8) is 0 Å². The van der Waals surface area contributed by atoms with E-state index in [9.17, 15) is 4.79 Å². The molecule has 13 heavy (non-hydrogen) atoms. The van der Waals surface area contributed by atoms with Gasteiger partial charge in [-0.3, -0.25) is 4.79 Å². The number of carbonyl (C=O) groups excluding carboxylic acids is 1. The van der Waals surface area contributed by atoms with Crippen molar-refractivity contribution in [3.05, 3.63) is 0 Å². The number of hydrogen-bond acceptors (Lipinski definition) is 1. The highest BCUT2D eigenvalue weighted by atomic mass is 16.1. The van der Waals surface area contributed by atoms with Gasteiger partial charge < -0.3 is 5.32 Å². The van der Waals surface area contributed by atoms with Crippen molar-refractivity contribution in [2.75, 3.05) is 6.54 Å². The van der Waals surface area contributed by atoms with Gasteiger partial charge in [-0.1, -0.05) is 12.8 Å². The Morgan fingerprint density at radius 3 is 2.77 bits per heavy atom. The number of hydrogen-bond donors (Lipinski definition) is 1. The van der Waals surface area contributed by atoms with Gasteiger partial charge in [-0.15, -0.1) is 12.3 Å². The van der Waals surface area contributed by atoms with Crippen LogP contribution in [0.4, 0.5) is 0 Å². The predicted molar refractivity (Wildman–Crippen MR) is 53.0 cm³/mol. The summed E-state index contributed by atoms with van der Waals surface area (Å²) >= 11 is 0. The average molecular weight is 179 g/mol. The summed E-state index contributed by atoms with van der Waals surface area (Å²) in [6.45, 7) is 0.627. The minimum absolute atomic E-state index is 0.169. The lowest BCUT2D eigenvalue weighted by Crippen LogP contribution is -2.25. The van der Waals surface area contributed by atoms with Gasteiger partial charge in [-0.2, -0.15) is 0 Å². The molecule has 0 radical (unpaired) electrons. The molecule has 0 aromatic rings. The van der Waals surface area contributed by atoms with Crippen LogP contribution in [0.15, 0.2) is 0 Å². The van der Waals surface area contributed by atoms with Crippen LogP contribution in [0.25, 0.3) is 0 Å². The van der Waals surface area contributed by atoms with Crippen LogP contribution in [-0.4, -0.2) is 12.5 Å². The van der Waals surface area contributed by atoms with Crippen LogP contribution in [-0.2, 0) is 4.79 Å². The van der Waals surface area contributed by atoms with Crippen molar-refractivity contribution >= 4 is 5.91 Å². The van der Waals surface area contributed by atoms with E-state index in [2.05, 4.69) is 11.2 Å². The summed E-state index contributed by atoms with van der Waals surface area (Å²) in [7, 11) is 0. The highest BCUT2D eigenvalue weighted by molar-refractivity contribution is 5.76. The van der Waals surface area contributed by atoms with E-state index in [0.717, 1.165) is 0 Å². The van der Waals surface area contributed by atoms with Gasteiger partial charge in [-0.25, -0.2) is 0 Å². The molecule has 2 heteroatoms. The van der Waals surface area contributed by atoms with E-state index in [1.165, 1.54) is 25.7 Å². The zero-order valence-electron chi connectivity index (χ0n) is 8.01. The molecule has 0 heterocycles. The Morgan fingerprint density at radius 1 is 1.46 bits per heavy atom. The fraction of sp³-hybridized carbons (Fsp3) is 0.727. The van der Waals surface area contributed by atoms with Gasteiger partial charge in [0, 0.05) is 19.4 Å². The SMILES string of the molecule is C#CCCNC(=O)CC1CCCC1. The average Bonchev–Trinajstić information content (AvgIpc) is 2.57. The Hall–Kier alpha value is -0.970. The summed E-state index contributed by atoms with van der Waals surface area (Å²) in [5, 5.41) is 2.83. The Morgan fingerprint density at radius 2 is 2.15 bits per heavy atom. The van der Waals surface area contributed by atoms with Gasteiger partial charge in [0.05, 0.1) is 0 Å². The van der Waals surface area contributed by atoms with Crippen molar-refractivity contribution in [2.45, 2.75) is 38.5 Å². The molecule has 72 valence electrons. The number of rotatable bonds is 4. The second-order valence-electron chi connectivity index (χ2n) is 3.66. The topological polar surface area (TPSA) is 29.1 Å². The van der Waals surface area contributed by atoms with E-state index >= 15 is 0 Å². The molecule has 0 spiro atoms. The lowest BCUT2D eigenvalue weighted by molar-refractivity contribution is -0.121. The summed E-state index contributed by atoms with van der Waals surface area (Å²) < 4.78 is 0. The molecule has 0 saturated heterocycles. The largest absolute Gasteiger partial charge is 0.355 e. The Balaban J connectivity index is 2.07. The van der Waals surface area contributed by atoms with Crippen molar-refractivity contribution in [3.8, 4) is 12.3 Å². The first-order valence-corrected chi connectivity index (χ1v) is 5.03. The summed E-state index contributed by atoms with van der Waals surface area (Å²) in [6, 6.07) is 0. The molecule has 0 bridgehead atoms. The standard InChI is InChI=1S/C11H17NO/c1-2-3-8-12-11(13)9-10-6-4-5-7-10/h1,10H,3-9H2,(H,12,13). The second kappa shape index (κ2) is 5.64. The molecular weight excluding hydrogens is 162 g/mol. The molecule has 0 aromatic heterocycles. The normalized spacial score (nSPS) is 16.8. The van der Waals surface area contributed by atoms with Gasteiger partial charge in [0.25, 0.3) is 0 Å². The van der Waals surface area contributed by atoms with E-state index in [-0.39, 0.29) is 5.91 Å². The van der Waals surface area contributed by atoms with Crippen LogP contribution in [0.1, 0.15) is 38.5 Å². The van der Waals surface area contributed by atoms with E-state index in [0.29, 0.717) is 25.3 Å². The van der Waals surface area contributed by atoms with Crippen LogP contribution in [0, 0.1) is 18.3 Å². The summed E-state index contributed by atoms with van der Waals surface area (Å²) in [4.78, 5) is 11.3. The molecule has 1 fully saturated rings. The third-order valence-electron chi connectivity index (χ3n) is 2.54. The van der Waals surface area contributed by atoms with Crippen molar-refractivity contribution < 1.29 is 4.79 Å². The molecule has 0 aromatic carbocycles. The van der Waals surface area contributed by atoms with Crippen molar-refractivity contribution in [1.82, 2.24) is 5.32 Å². The molecule has 1 aliphatic carbocycles. The first-order valence-electron chi connectivity index (χ1n) is 5.03. The maximum atomic E-state index is 11.3. The zero-order chi connectivity index (χ0) is 9.52. The molecule has 1 rings (SSSR count). The molecule has 1 saturated carbocycles. The highest BCUT2D eigenvalue weighted by Gasteiger charge is 2.17. The van der Waals surface area contributed by atoms with E-state index in [4.69, 9.17) is 6.42 Å². The van der Waals surface area contributed by atoms with E-state index < -0.39 is 0 Å². The first kappa shape index (κ1) is 10.1. The molecule has 1 N–H and O–H groups in total. The van der Waals surface area contributed by atoms with E-state index in [1.807, 2.05) is 0 Å². The van der Waals surface area contributed by atoms with Gasteiger partial charge >= 0.3 is 0 Å². The minimum Gasteiger partial charge on any atom is -0.355 e. The van der Waals surface area contributed by atoms with Crippen LogP contribution < -0.4 is 5.32 Å². The monoisotopic (exact) mass is 179 g/mol. The molecule has 1 amide bonds. The quantitative estimate of drug-likeness (QED) is 0.516. The lowest BCUT2D eigenvalue weighted by atomic mass is 10.0. The predicted octanol–water partition coefficient (Wildman–Crippen LogP) is 1.71. The third-order valence-corrected chi connectivity index (χ3v) is 2.54. The molecule has 1 aliphatic rings. The lowest BCUT2D eigenvalue weighted by Gasteiger charge is -2.08. The van der Waals surface area contributed by atoms with Crippen LogP contribution in [0.3, 0.4) is 0 Å². The highest BCUT2D eigenvalue weighted by Crippen LogP contribution is 2.27. The van der Waals surface area contributed by atoms with Crippen molar-refractivity contribution in [2.24, 2.45) is 5.92 Å². The Kier molecular flexibility index (Phi) is 4.39. The maximum Gasteiger partial charge on any atom is 0.220 e. The summed E-state index contributed by atoms with van der Waals surface area (Å²) in [6.07, 6.45) is 11.4. The number of amides is 1. The smallest absolute Gasteiger partial charge is 0.220 e. The molecule has 0 unspecified atom stereocenters. The number of nitrogens with one attached hydrogen (secondary N) is 1. The number of terminal acetylenes is 1. The Bertz CT molecular complexity index is 199. The van der Waals surface area contributed by atoms with E-state index in [1.54, 1.807) is 0 Å². The van der Waals surface area contributed by atoms with Crippen LogP contribution in [0.5, 0.6) is 0 Å². The Labute approximate surface area is 80.1 Å². The minimum atomic E-state index is 0.169. The van der Waals surface area contributed by atoms with Gasteiger partial charge in [0.15, 0.2) is 0 Å². The van der Waals surface area contributed by atoms with Crippen molar-refractivity contribution in [1.29, 1.82) is 0 Å². The van der Waals surface area contributed by atoms with Gasteiger partial charge in [-0.05, 0) is 18.8 Å². The van der Waals surface area contributed by atoms with Crippen LogP contribution >= 0.6 is 0 Å². The fourth-order valence-electron chi connectivity index (χ4n) is 1.82.